The van der Waals surface area contributed by atoms with Crippen molar-refractivity contribution in [3.63, 3.8) is 0 Å². The summed E-state index contributed by atoms with van der Waals surface area (Å²) in [6.45, 7) is 0.784. The van der Waals surface area contributed by atoms with Crippen LogP contribution in [0.15, 0.2) is 42.5 Å². The van der Waals surface area contributed by atoms with Gasteiger partial charge < -0.3 is 20.1 Å². The number of carbonyl (C=O) groups is 1. The van der Waals surface area contributed by atoms with Crippen LogP contribution in [-0.4, -0.2) is 31.4 Å². The first-order valence-corrected chi connectivity index (χ1v) is 8.40. The molecule has 144 valence electrons. The highest BCUT2D eigenvalue weighted by Crippen LogP contribution is 2.38. The molecule has 1 aliphatic heterocycles. The van der Waals surface area contributed by atoms with Gasteiger partial charge >= 0.3 is 12.3 Å². The molecule has 5 nitrogen and oxygen atoms in total. The minimum atomic E-state index is -4.37. The highest BCUT2D eigenvalue weighted by Gasteiger charge is 2.30. The van der Waals surface area contributed by atoms with Gasteiger partial charge in [0.2, 0.25) is 0 Å². The quantitative estimate of drug-likeness (QED) is 0.813. The monoisotopic (exact) mass is 380 g/mol. The van der Waals surface area contributed by atoms with Crippen molar-refractivity contribution in [3.8, 4) is 5.75 Å². The fourth-order valence-electron chi connectivity index (χ4n) is 3.11. The van der Waals surface area contributed by atoms with Crippen LogP contribution in [0.25, 0.3) is 0 Å². The normalized spacial score (nSPS) is 16.2. The molecular formula is C19H19F3N2O3. The number of fused-ring (bicyclic) bond motifs is 1. The molecule has 1 amide bonds. The number of nitrogens with zero attached hydrogens (tertiary/aromatic N) is 1. The Bertz CT molecular complexity index is 822. The second-order valence-corrected chi connectivity index (χ2v) is 6.35. The smallest absolute Gasteiger partial charge is 0.416 e. The van der Waals surface area contributed by atoms with Gasteiger partial charge in [-0.25, -0.2) is 4.79 Å². The maximum atomic E-state index is 12.7. The zero-order valence-electron chi connectivity index (χ0n) is 14.6. The van der Waals surface area contributed by atoms with Gasteiger partial charge in [0.05, 0.1) is 12.2 Å². The van der Waals surface area contributed by atoms with Crippen LogP contribution in [-0.2, 0) is 6.18 Å². The van der Waals surface area contributed by atoms with Crippen LogP contribution in [0, 0.1) is 0 Å². The van der Waals surface area contributed by atoms with Gasteiger partial charge in [-0.15, -0.1) is 0 Å². The SMILES string of the molecule is CN(c1ccc(C(F)(F)F)cc1)c1ccc2c(c1)OCC[C@H]2CNC(=O)O. The molecule has 0 aromatic heterocycles. The minimum absolute atomic E-state index is 0.0234. The van der Waals surface area contributed by atoms with E-state index in [-0.39, 0.29) is 5.92 Å². The van der Waals surface area contributed by atoms with Gasteiger partial charge in [0.25, 0.3) is 0 Å². The van der Waals surface area contributed by atoms with Crippen LogP contribution >= 0.6 is 0 Å². The molecule has 3 rings (SSSR count). The van der Waals surface area contributed by atoms with Crippen LogP contribution < -0.4 is 15.0 Å². The van der Waals surface area contributed by atoms with E-state index < -0.39 is 17.8 Å². The number of hydrogen-bond acceptors (Lipinski definition) is 3. The summed E-state index contributed by atoms with van der Waals surface area (Å²) >= 11 is 0. The first-order chi connectivity index (χ1) is 12.8. The average molecular weight is 380 g/mol. The Balaban J connectivity index is 1.80. The third kappa shape index (κ3) is 4.27. The number of amides is 1. The summed E-state index contributed by atoms with van der Waals surface area (Å²) in [5.41, 5.74) is 1.60. The summed E-state index contributed by atoms with van der Waals surface area (Å²) in [6, 6.07) is 10.5. The molecule has 8 heteroatoms. The summed E-state index contributed by atoms with van der Waals surface area (Å²) in [5.74, 6) is 0.685. The number of benzene rings is 2. The Hall–Kier alpha value is -2.90. The van der Waals surface area contributed by atoms with Crippen molar-refractivity contribution in [1.29, 1.82) is 0 Å². The van der Waals surface area contributed by atoms with E-state index in [1.807, 2.05) is 18.2 Å². The van der Waals surface area contributed by atoms with Gasteiger partial charge in [-0.3, -0.25) is 0 Å². The maximum Gasteiger partial charge on any atom is 0.416 e. The van der Waals surface area contributed by atoms with E-state index in [0.29, 0.717) is 31.0 Å². The topological polar surface area (TPSA) is 61.8 Å². The highest BCUT2D eigenvalue weighted by atomic mass is 19.4. The Morgan fingerprint density at radius 3 is 2.52 bits per heavy atom. The molecule has 0 bridgehead atoms. The molecule has 0 saturated heterocycles. The molecule has 1 atom stereocenters. The zero-order chi connectivity index (χ0) is 19.6. The van der Waals surface area contributed by atoms with Crippen molar-refractivity contribution in [2.24, 2.45) is 0 Å². The maximum absolute atomic E-state index is 12.7. The lowest BCUT2D eigenvalue weighted by Gasteiger charge is -2.28. The predicted molar refractivity (Wildman–Crippen MR) is 94.8 cm³/mol. The van der Waals surface area contributed by atoms with Crippen molar-refractivity contribution in [1.82, 2.24) is 5.32 Å². The van der Waals surface area contributed by atoms with Crippen LogP contribution in [0.3, 0.4) is 0 Å². The molecule has 0 unspecified atom stereocenters. The molecule has 2 N–H and O–H groups in total. The number of hydrogen-bond donors (Lipinski definition) is 2. The van der Waals surface area contributed by atoms with Gasteiger partial charge in [-0.05, 0) is 42.3 Å². The molecule has 0 fully saturated rings. The van der Waals surface area contributed by atoms with Gasteiger partial charge in [0.1, 0.15) is 5.75 Å². The number of halogens is 3. The fourth-order valence-corrected chi connectivity index (χ4v) is 3.11. The molecule has 2 aromatic carbocycles. The summed E-state index contributed by atoms with van der Waals surface area (Å²) in [5, 5.41) is 11.2. The largest absolute Gasteiger partial charge is 0.493 e. The molecule has 2 aromatic rings. The molecular weight excluding hydrogens is 361 g/mol. The molecule has 0 saturated carbocycles. The second kappa shape index (κ2) is 7.38. The molecule has 27 heavy (non-hydrogen) atoms. The number of nitrogens with one attached hydrogen (secondary N) is 1. The highest BCUT2D eigenvalue weighted by molar-refractivity contribution is 5.66. The number of alkyl halides is 3. The number of anilines is 2. The molecule has 0 spiro atoms. The van der Waals surface area contributed by atoms with Crippen molar-refractivity contribution >= 4 is 17.5 Å². The van der Waals surface area contributed by atoms with Crippen LogP contribution in [0.2, 0.25) is 0 Å². The van der Waals surface area contributed by atoms with E-state index in [4.69, 9.17) is 9.84 Å². The van der Waals surface area contributed by atoms with Crippen molar-refractivity contribution in [2.45, 2.75) is 18.5 Å². The molecule has 1 aliphatic rings. The lowest BCUT2D eigenvalue weighted by molar-refractivity contribution is -0.137. The summed E-state index contributed by atoms with van der Waals surface area (Å²) in [4.78, 5) is 12.5. The van der Waals surface area contributed by atoms with Crippen LogP contribution in [0.5, 0.6) is 5.75 Å². The summed E-state index contributed by atoms with van der Waals surface area (Å²) in [7, 11) is 1.76. The van der Waals surface area contributed by atoms with E-state index in [0.717, 1.165) is 23.4 Å². The Kier molecular flexibility index (Phi) is 5.16. The lowest BCUT2D eigenvalue weighted by Crippen LogP contribution is -2.29. The van der Waals surface area contributed by atoms with E-state index >= 15 is 0 Å². The van der Waals surface area contributed by atoms with Crippen LogP contribution in [0.4, 0.5) is 29.3 Å². The molecule has 0 aliphatic carbocycles. The van der Waals surface area contributed by atoms with Gasteiger partial charge in [-0.1, -0.05) is 6.07 Å². The predicted octanol–water partition coefficient (Wildman–Crippen LogP) is 4.61. The standard InChI is InChI=1S/C19H19F3N2O3/c1-24(14-4-2-13(3-5-14)19(20,21)22)15-6-7-16-12(11-23-18(25)26)8-9-27-17(16)10-15/h2-7,10,12,23H,8-9,11H2,1H3,(H,25,26)/t12-/m0/s1. The van der Waals surface area contributed by atoms with Gasteiger partial charge in [0.15, 0.2) is 0 Å². The van der Waals surface area contributed by atoms with E-state index in [1.54, 1.807) is 11.9 Å². The Morgan fingerprint density at radius 1 is 1.22 bits per heavy atom. The third-order valence-corrected chi connectivity index (χ3v) is 4.63. The van der Waals surface area contributed by atoms with E-state index in [2.05, 4.69) is 5.32 Å². The van der Waals surface area contributed by atoms with Crippen molar-refractivity contribution < 1.29 is 27.8 Å². The number of ether oxygens (including phenoxy) is 1. The van der Waals surface area contributed by atoms with Crippen LogP contribution in [0.1, 0.15) is 23.5 Å². The Labute approximate surface area is 154 Å². The molecule has 0 radical (unpaired) electrons. The average Bonchev–Trinajstić information content (AvgIpc) is 2.64. The minimum Gasteiger partial charge on any atom is -0.493 e. The first-order valence-electron chi connectivity index (χ1n) is 8.40. The fraction of sp³-hybridized carbons (Fsp3) is 0.316. The van der Waals surface area contributed by atoms with Gasteiger partial charge in [-0.2, -0.15) is 13.2 Å². The summed E-state index contributed by atoms with van der Waals surface area (Å²) < 4.78 is 43.8. The van der Waals surface area contributed by atoms with E-state index in [9.17, 15) is 18.0 Å². The number of rotatable bonds is 4. The Morgan fingerprint density at radius 2 is 1.89 bits per heavy atom. The van der Waals surface area contributed by atoms with Crippen molar-refractivity contribution in [3.05, 3.63) is 53.6 Å². The van der Waals surface area contributed by atoms with Crippen molar-refractivity contribution in [2.75, 3.05) is 25.1 Å². The second-order valence-electron chi connectivity index (χ2n) is 6.35. The van der Waals surface area contributed by atoms with E-state index in [1.165, 1.54) is 12.1 Å². The summed E-state index contributed by atoms with van der Waals surface area (Å²) in [6.07, 6.45) is -4.72. The number of carboxylic acid groups (broad SMARTS) is 1. The molecule has 1 heterocycles. The third-order valence-electron chi connectivity index (χ3n) is 4.63. The first kappa shape index (κ1) is 18.9. The lowest BCUT2D eigenvalue weighted by atomic mass is 9.92. The zero-order valence-corrected chi connectivity index (χ0v) is 14.6. The van der Waals surface area contributed by atoms with Gasteiger partial charge in [0, 0.05) is 37.0 Å².